The summed E-state index contributed by atoms with van der Waals surface area (Å²) >= 11 is 6.34. The molecule has 0 bridgehead atoms. The smallest absolute Gasteiger partial charge is 0.417 e. The van der Waals surface area contributed by atoms with Crippen LogP contribution in [0.15, 0.2) is 64.6 Å². The van der Waals surface area contributed by atoms with E-state index < -0.39 is 34.3 Å². The number of benzodiazepines with no additional fused rings is 1. The van der Waals surface area contributed by atoms with Gasteiger partial charge >= 0.3 is 6.18 Å². The number of aliphatic hydroxyl groups is 1. The molecule has 1 aromatic heterocycles. The van der Waals surface area contributed by atoms with Gasteiger partial charge in [0.05, 0.1) is 22.0 Å². The Morgan fingerprint density at radius 3 is 2.51 bits per heavy atom. The maximum atomic E-state index is 15.3. The van der Waals surface area contributed by atoms with Gasteiger partial charge in [0.15, 0.2) is 11.5 Å². The number of aliphatic imine (C=N–C) groups is 2. The number of anilines is 1. The predicted molar refractivity (Wildman–Crippen MR) is 141 cm³/mol. The van der Waals surface area contributed by atoms with E-state index in [0.717, 1.165) is 30.5 Å². The minimum atomic E-state index is -4.77. The van der Waals surface area contributed by atoms with Crippen molar-refractivity contribution < 1.29 is 27.4 Å². The molecule has 39 heavy (non-hydrogen) atoms. The molecule has 1 saturated carbocycles. The number of pyridine rings is 1. The van der Waals surface area contributed by atoms with E-state index in [1.165, 1.54) is 12.1 Å². The molecule has 11 heteroatoms. The van der Waals surface area contributed by atoms with Crippen molar-refractivity contribution >= 4 is 28.8 Å². The van der Waals surface area contributed by atoms with Gasteiger partial charge in [0.1, 0.15) is 24.2 Å². The van der Waals surface area contributed by atoms with Crippen LogP contribution in [0.1, 0.15) is 55.0 Å². The highest BCUT2D eigenvalue weighted by atomic mass is 35.5. The van der Waals surface area contributed by atoms with Crippen LogP contribution in [0.4, 0.5) is 23.2 Å². The molecule has 1 fully saturated rings. The number of alkyl halides is 3. The van der Waals surface area contributed by atoms with Gasteiger partial charge in [-0.3, -0.25) is 4.99 Å². The standard InChI is InChI=1S/C28H25ClF4N4O2/c1-16-26(37-27(38)13-5-6-14-27)35-20-11-9-18(28(31,32)33)23(29)22(20)25(34-16)24-19(30)10-12-21(36-24)39-15-17-7-3-2-4-8-17/h2-4,7-12,16,38H,5-6,13-15H2,1H3,(H,35,37)/t16-/m0/s1. The SMILES string of the molecule is C[C@@H]1N=C(c2nc(OCc3ccccc3)ccc2F)c2c(ccc(C(F)(F)F)c2Cl)N/C1=N\C1(O)CCCC1. The largest absolute Gasteiger partial charge is 0.473 e. The van der Waals surface area contributed by atoms with Crippen molar-refractivity contribution in [2.24, 2.45) is 9.98 Å². The van der Waals surface area contributed by atoms with E-state index in [9.17, 15) is 18.3 Å². The predicted octanol–water partition coefficient (Wildman–Crippen LogP) is 6.78. The third-order valence-corrected chi connectivity index (χ3v) is 7.07. The lowest BCUT2D eigenvalue weighted by atomic mass is 10.0. The van der Waals surface area contributed by atoms with E-state index in [-0.39, 0.29) is 41.0 Å². The van der Waals surface area contributed by atoms with Crippen molar-refractivity contribution in [3.63, 3.8) is 0 Å². The molecular weight excluding hydrogens is 536 g/mol. The quantitative estimate of drug-likeness (QED) is 0.337. The molecule has 0 saturated heterocycles. The minimum absolute atomic E-state index is 0.0571. The molecule has 3 aromatic rings. The summed E-state index contributed by atoms with van der Waals surface area (Å²) in [6, 6.07) is 12.9. The maximum absolute atomic E-state index is 15.3. The number of ether oxygens (including phenoxy) is 1. The minimum Gasteiger partial charge on any atom is -0.473 e. The molecule has 2 aliphatic rings. The fraction of sp³-hybridized carbons (Fsp3) is 0.321. The zero-order valence-corrected chi connectivity index (χ0v) is 21.7. The van der Waals surface area contributed by atoms with Crippen LogP contribution in [-0.4, -0.2) is 33.4 Å². The van der Waals surface area contributed by atoms with Gasteiger partial charge in [-0.05, 0) is 56.4 Å². The Balaban J connectivity index is 1.63. The highest BCUT2D eigenvalue weighted by Crippen LogP contribution is 2.41. The van der Waals surface area contributed by atoms with Crippen LogP contribution < -0.4 is 10.1 Å². The second-order valence-electron chi connectivity index (χ2n) is 9.57. The van der Waals surface area contributed by atoms with Crippen LogP contribution in [0.2, 0.25) is 5.02 Å². The summed E-state index contributed by atoms with van der Waals surface area (Å²) in [5, 5.41) is 13.2. The molecule has 0 spiro atoms. The molecule has 2 N–H and O–H groups in total. The lowest BCUT2D eigenvalue weighted by molar-refractivity contribution is -0.137. The zero-order chi connectivity index (χ0) is 27.8. The van der Waals surface area contributed by atoms with Gasteiger partial charge in [0.2, 0.25) is 5.88 Å². The fourth-order valence-corrected chi connectivity index (χ4v) is 5.03. The maximum Gasteiger partial charge on any atom is 0.417 e. The van der Waals surface area contributed by atoms with Gasteiger partial charge in [-0.2, -0.15) is 13.2 Å². The molecule has 2 aromatic carbocycles. The Labute approximate surface area is 227 Å². The van der Waals surface area contributed by atoms with E-state index in [1.54, 1.807) is 6.92 Å². The van der Waals surface area contributed by atoms with Gasteiger partial charge in [0, 0.05) is 11.6 Å². The van der Waals surface area contributed by atoms with Gasteiger partial charge < -0.3 is 15.2 Å². The number of fused-ring (bicyclic) bond motifs is 1. The number of nitrogens with one attached hydrogen (secondary N) is 1. The number of benzene rings is 2. The molecular formula is C28H25ClF4N4O2. The normalized spacial score (nSPS) is 19.7. The summed E-state index contributed by atoms with van der Waals surface area (Å²) in [5.41, 5.74) is -2.12. The summed E-state index contributed by atoms with van der Waals surface area (Å²) < 4.78 is 62.5. The molecule has 204 valence electrons. The summed E-state index contributed by atoms with van der Waals surface area (Å²) in [7, 11) is 0. The van der Waals surface area contributed by atoms with E-state index >= 15 is 4.39 Å². The first-order valence-electron chi connectivity index (χ1n) is 12.4. The molecule has 0 radical (unpaired) electrons. The number of hydrogen-bond donors (Lipinski definition) is 2. The summed E-state index contributed by atoms with van der Waals surface area (Å²) in [6.45, 7) is 1.79. The Morgan fingerprint density at radius 1 is 1.10 bits per heavy atom. The number of halogens is 5. The van der Waals surface area contributed by atoms with Crippen molar-refractivity contribution in [3.8, 4) is 5.88 Å². The first kappa shape index (κ1) is 27.1. The Morgan fingerprint density at radius 2 is 1.82 bits per heavy atom. The topological polar surface area (TPSA) is 79.1 Å². The Bertz CT molecular complexity index is 1440. The average Bonchev–Trinajstić information content (AvgIpc) is 3.27. The van der Waals surface area contributed by atoms with E-state index in [2.05, 4.69) is 20.3 Å². The third-order valence-electron chi connectivity index (χ3n) is 6.67. The molecule has 2 heterocycles. The van der Waals surface area contributed by atoms with Crippen molar-refractivity contribution in [1.82, 2.24) is 4.98 Å². The van der Waals surface area contributed by atoms with Crippen molar-refractivity contribution in [2.45, 2.75) is 57.2 Å². The van der Waals surface area contributed by atoms with Crippen LogP contribution in [0.25, 0.3) is 0 Å². The molecule has 5 rings (SSSR count). The number of hydrogen-bond acceptors (Lipinski definition) is 5. The molecule has 1 atom stereocenters. The van der Waals surface area contributed by atoms with Crippen LogP contribution in [0.3, 0.4) is 0 Å². The lowest BCUT2D eigenvalue weighted by Crippen LogP contribution is -2.31. The van der Waals surface area contributed by atoms with Gasteiger partial charge in [-0.1, -0.05) is 41.9 Å². The second-order valence-corrected chi connectivity index (χ2v) is 9.94. The number of amidine groups is 1. The highest BCUT2D eigenvalue weighted by molar-refractivity contribution is 6.38. The van der Waals surface area contributed by atoms with Crippen molar-refractivity contribution in [1.29, 1.82) is 0 Å². The molecule has 0 unspecified atom stereocenters. The summed E-state index contributed by atoms with van der Waals surface area (Å²) in [5.74, 6) is -0.535. The molecule has 0 amide bonds. The van der Waals surface area contributed by atoms with Crippen molar-refractivity contribution in [3.05, 3.63) is 87.8 Å². The second kappa shape index (κ2) is 10.6. The first-order valence-corrected chi connectivity index (χ1v) is 12.8. The number of nitrogens with zero attached hydrogens (tertiary/aromatic N) is 3. The van der Waals surface area contributed by atoms with E-state index in [0.29, 0.717) is 12.8 Å². The van der Waals surface area contributed by atoms with Crippen LogP contribution in [0.5, 0.6) is 5.88 Å². The zero-order valence-electron chi connectivity index (χ0n) is 20.9. The third kappa shape index (κ3) is 5.77. The van der Waals surface area contributed by atoms with E-state index in [1.807, 2.05) is 30.3 Å². The monoisotopic (exact) mass is 560 g/mol. The Hall–Kier alpha value is -3.50. The van der Waals surface area contributed by atoms with E-state index in [4.69, 9.17) is 16.3 Å². The highest BCUT2D eigenvalue weighted by Gasteiger charge is 2.38. The van der Waals surface area contributed by atoms with Gasteiger partial charge in [-0.15, -0.1) is 0 Å². The van der Waals surface area contributed by atoms with Crippen LogP contribution in [0, 0.1) is 5.82 Å². The molecule has 1 aliphatic carbocycles. The lowest BCUT2D eigenvalue weighted by Gasteiger charge is -2.21. The number of aromatic nitrogens is 1. The first-order chi connectivity index (χ1) is 18.5. The molecule has 6 nitrogen and oxygen atoms in total. The van der Waals surface area contributed by atoms with Gasteiger partial charge in [0.25, 0.3) is 0 Å². The van der Waals surface area contributed by atoms with Crippen LogP contribution >= 0.6 is 11.6 Å². The summed E-state index contributed by atoms with van der Waals surface area (Å²) in [4.78, 5) is 13.3. The number of rotatable bonds is 5. The molecule has 1 aliphatic heterocycles. The summed E-state index contributed by atoms with van der Waals surface area (Å²) in [6.07, 6.45) is -2.30. The van der Waals surface area contributed by atoms with Gasteiger partial charge in [-0.25, -0.2) is 14.4 Å². The van der Waals surface area contributed by atoms with Crippen molar-refractivity contribution in [2.75, 3.05) is 5.32 Å². The fourth-order valence-electron chi connectivity index (χ4n) is 4.67. The average molecular weight is 561 g/mol. The Kier molecular flexibility index (Phi) is 7.35. The van der Waals surface area contributed by atoms with Crippen LogP contribution in [-0.2, 0) is 12.8 Å².